The van der Waals surface area contributed by atoms with Crippen LogP contribution in [0.1, 0.15) is 12.8 Å². The molecule has 0 radical (unpaired) electrons. The predicted octanol–water partition coefficient (Wildman–Crippen LogP) is 3.00. The van der Waals surface area contributed by atoms with Gasteiger partial charge < -0.3 is 9.47 Å². The second kappa shape index (κ2) is 3.76. The second-order valence-corrected chi connectivity index (χ2v) is 5.72. The molecule has 3 nitrogen and oxygen atoms in total. The molecular weight excluding hydrogens is 373 g/mol. The summed E-state index contributed by atoms with van der Waals surface area (Å²) in [5.74, 6) is 2.26. The number of fused-ring (bicyclic) bond motifs is 1. The number of halogens is 2. The Morgan fingerprint density at radius 3 is 3.00 bits per heavy atom. The SMILES string of the molecule is Brc1nc(I)cc2c1OCC(C1CC1)O2. The molecule has 1 fully saturated rings. The highest BCUT2D eigenvalue weighted by Gasteiger charge is 2.37. The van der Waals surface area contributed by atoms with Crippen LogP contribution in [-0.4, -0.2) is 17.7 Å². The minimum absolute atomic E-state index is 0.239. The maximum Gasteiger partial charge on any atom is 0.194 e. The highest BCUT2D eigenvalue weighted by atomic mass is 127. The first-order valence-electron chi connectivity index (χ1n) is 4.89. The van der Waals surface area contributed by atoms with Gasteiger partial charge in [0, 0.05) is 6.07 Å². The summed E-state index contributed by atoms with van der Waals surface area (Å²) in [6.07, 6.45) is 2.78. The summed E-state index contributed by atoms with van der Waals surface area (Å²) in [5.41, 5.74) is 0. The Morgan fingerprint density at radius 1 is 1.47 bits per heavy atom. The van der Waals surface area contributed by atoms with Gasteiger partial charge in [0.05, 0.1) is 0 Å². The van der Waals surface area contributed by atoms with Crippen LogP contribution in [0.3, 0.4) is 0 Å². The maximum absolute atomic E-state index is 5.92. The van der Waals surface area contributed by atoms with Crippen molar-refractivity contribution >= 4 is 38.5 Å². The fourth-order valence-corrected chi connectivity index (χ4v) is 3.09. The molecule has 1 unspecified atom stereocenters. The van der Waals surface area contributed by atoms with E-state index in [0.29, 0.717) is 12.5 Å². The molecule has 1 aromatic heterocycles. The van der Waals surface area contributed by atoms with Crippen molar-refractivity contribution in [2.45, 2.75) is 18.9 Å². The van der Waals surface area contributed by atoms with E-state index >= 15 is 0 Å². The number of nitrogens with zero attached hydrogens (tertiary/aromatic N) is 1. The van der Waals surface area contributed by atoms with Crippen LogP contribution >= 0.6 is 38.5 Å². The Hall–Kier alpha value is -0.0400. The Morgan fingerprint density at radius 2 is 2.27 bits per heavy atom. The van der Waals surface area contributed by atoms with Crippen molar-refractivity contribution in [2.24, 2.45) is 5.92 Å². The lowest BCUT2D eigenvalue weighted by atomic mass is 10.2. The van der Waals surface area contributed by atoms with Crippen LogP contribution in [0.5, 0.6) is 11.5 Å². The van der Waals surface area contributed by atoms with Crippen molar-refractivity contribution in [3.05, 3.63) is 14.4 Å². The molecule has 0 bridgehead atoms. The van der Waals surface area contributed by atoms with Gasteiger partial charge in [0.15, 0.2) is 16.1 Å². The number of ether oxygens (including phenoxy) is 2. The zero-order valence-electron chi connectivity index (χ0n) is 7.87. The summed E-state index contributed by atoms with van der Waals surface area (Å²) in [5, 5.41) is 0. The summed E-state index contributed by atoms with van der Waals surface area (Å²) < 4.78 is 13.3. The molecule has 0 saturated heterocycles. The molecule has 1 aromatic rings. The molecule has 2 aliphatic rings. The molecule has 1 aliphatic heterocycles. The lowest BCUT2D eigenvalue weighted by molar-refractivity contribution is 0.0742. The highest BCUT2D eigenvalue weighted by molar-refractivity contribution is 14.1. The minimum Gasteiger partial charge on any atom is -0.483 e. The third-order valence-corrected chi connectivity index (χ3v) is 3.77. The van der Waals surface area contributed by atoms with Gasteiger partial charge in [-0.25, -0.2) is 4.98 Å². The average Bonchev–Trinajstić information content (AvgIpc) is 2.99. The number of rotatable bonds is 1. The van der Waals surface area contributed by atoms with Crippen LogP contribution in [0, 0.1) is 9.62 Å². The fraction of sp³-hybridized carbons (Fsp3) is 0.500. The standard InChI is InChI=1S/C10H9BrINO2/c11-10-9-6(3-8(12)13-10)15-7(4-14-9)5-1-2-5/h3,5,7H,1-2,4H2. The molecule has 2 heterocycles. The summed E-state index contributed by atoms with van der Waals surface area (Å²) in [6.45, 7) is 0.651. The van der Waals surface area contributed by atoms with E-state index in [0.717, 1.165) is 19.8 Å². The van der Waals surface area contributed by atoms with Crippen LogP contribution in [0.25, 0.3) is 0 Å². The number of aromatic nitrogens is 1. The molecule has 5 heteroatoms. The molecule has 0 amide bonds. The van der Waals surface area contributed by atoms with Crippen molar-refractivity contribution in [3.63, 3.8) is 0 Å². The van der Waals surface area contributed by atoms with E-state index in [9.17, 15) is 0 Å². The van der Waals surface area contributed by atoms with Crippen LogP contribution in [0.2, 0.25) is 0 Å². The Labute approximate surface area is 110 Å². The maximum atomic E-state index is 5.92. The van der Waals surface area contributed by atoms with Gasteiger partial charge in [0.1, 0.15) is 16.4 Å². The van der Waals surface area contributed by atoms with E-state index in [1.165, 1.54) is 12.8 Å². The van der Waals surface area contributed by atoms with Gasteiger partial charge in [-0.15, -0.1) is 0 Å². The first kappa shape index (κ1) is 10.1. The monoisotopic (exact) mass is 381 g/mol. The molecule has 0 aromatic carbocycles. The number of hydrogen-bond acceptors (Lipinski definition) is 3. The zero-order valence-corrected chi connectivity index (χ0v) is 11.6. The number of hydrogen-bond donors (Lipinski definition) is 0. The van der Waals surface area contributed by atoms with Gasteiger partial charge in [0.2, 0.25) is 0 Å². The Kier molecular flexibility index (Phi) is 2.54. The summed E-state index contributed by atoms with van der Waals surface area (Å²) in [4.78, 5) is 4.27. The van der Waals surface area contributed by atoms with Crippen LogP contribution < -0.4 is 9.47 Å². The Balaban J connectivity index is 1.93. The molecule has 0 N–H and O–H groups in total. The van der Waals surface area contributed by atoms with Crippen LogP contribution in [0.15, 0.2) is 10.7 Å². The first-order valence-corrected chi connectivity index (χ1v) is 6.76. The minimum atomic E-state index is 0.239. The third-order valence-electron chi connectivity index (χ3n) is 2.68. The fourth-order valence-electron chi connectivity index (χ4n) is 1.73. The van der Waals surface area contributed by atoms with Gasteiger partial charge in [-0.05, 0) is 57.3 Å². The molecule has 1 atom stereocenters. The molecule has 3 rings (SSSR count). The van der Waals surface area contributed by atoms with E-state index in [4.69, 9.17) is 9.47 Å². The summed E-state index contributed by atoms with van der Waals surface area (Å²) >= 11 is 5.56. The van der Waals surface area contributed by atoms with Crippen LogP contribution in [0.4, 0.5) is 0 Å². The second-order valence-electron chi connectivity index (χ2n) is 3.87. The molecule has 1 saturated carbocycles. The normalized spacial score (nSPS) is 24.0. The van der Waals surface area contributed by atoms with Crippen molar-refractivity contribution in [1.29, 1.82) is 0 Å². The van der Waals surface area contributed by atoms with Gasteiger partial charge in [0.25, 0.3) is 0 Å². The van der Waals surface area contributed by atoms with E-state index < -0.39 is 0 Å². The van der Waals surface area contributed by atoms with E-state index in [1.807, 2.05) is 6.07 Å². The Bertz CT molecular complexity index is 409. The van der Waals surface area contributed by atoms with Gasteiger partial charge >= 0.3 is 0 Å². The predicted molar refractivity (Wildman–Crippen MR) is 67.3 cm³/mol. The lowest BCUT2D eigenvalue weighted by Crippen LogP contribution is -2.31. The first-order chi connectivity index (χ1) is 7.24. The zero-order chi connectivity index (χ0) is 10.4. The third kappa shape index (κ3) is 1.95. The summed E-state index contributed by atoms with van der Waals surface area (Å²) in [6, 6.07) is 1.93. The quantitative estimate of drug-likeness (QED) is 0.553. The average molecular weight is 382 g/mol. The largest absolute Gasteiger partial charge is 0.483 e. The highest BCUT2D eigenvalue weighted by Crippen LogP contribution is 2.43. The van der Waals surface area contributed by atoms with Gasteiger partial charge in [-0.1, -0.05) is 0 Å². The molecule has 1 aliphatic carbocycles. The van der Waals surface area contributed by atoms with E-state index in [1.54, 1.807) is 0 Å². The van der Waals surface area contributed by atoms with E-state index in [2.05, 4.69) is 43.5 Å². The molecular formula is C10H9BrINO2. The summed E-state index contributed by atoms with van der Waals surface area (Å²) in [7, 11) is 0. The van der Waals surface area contributed by atoms with Crippen molar-refractivity contribution in [1.82, 2.24) is 4.98 Å². The molecule has 80 valence electrons. The molecule has 15 heavy (non-hydrogen) atoms. The number of pyridine rings is 1. The van der Waals surface area contributed by atoms with Crippen molar-refractivity contribution in [3.8, 4) is 11.5 Å². The molecule has 0 spiro atoms. The smallest absolute Gasteiger partial charge is 0.194 e. The van der Waals surface area contributed by atoms with E-state index in [-0.39, 0.29) is 6.10 Å². The van der Waals surface area contributed by atoms with Crippen molar-refractivity contribution in [2.75, 3.05) is 6.61 Å². The van der Waals surface area contributed by atoms with Gasteiger partial charge in [-0.3, -0.25) is 0 Å². The topological polar surface area (TPSA) is 31.4 Å². The van der Waals surface area contributed by atoms with Crippen molar-refractivity contribution < 1.29 is 9.47 Å². The van der Waals surface area contributed by atoms with Crippen LogP contribution in [-0.2, 0) is 0 Å². The lowest BCUT2D eigenvalue weighted by Gasteiger charge is -2.26. The van der Waals surface area contributed by atoms with Gasteiger partial charge in [-0.2, -0.15) is 0 Å².